The molecule has 3 heterocycles. The van der Waals surface area contributed by atoms with Gasteiger partial charge in [0, 0.05) is 21.3 Å². The van der Waals surface area contributed by atoms with Crippen LogP contribution < -0.4 is 0 Å². The monoisotopic (exact) mass is 570 g/mol. The van der Waals surface area contributed by atoms with Crippen molar-refractivity contribution in [3.8, 4) is 0 Å². The number of hydrogen-bond donors (Lipinski definition) is 1. The maximum absolute atomic E-state index is 10.1. The molecule has 0 amide bonds. The molecule has 0 saturated carbocycles. The normalized spacial score (nSPS) is 20.2. The van der Waals surface area contributed by atoms with Crippen LogP contribution in [-0.2, 0) is 9.47 Å². The van der Waals surface area contributed by atoms with E-state index in [1.165, 1.54) is 0 Å². The first kappa shape index (κ1) is 20.2. The van der Waals surface area contributed by atoms with Crippen molar-refractivity contribution in [2.45, 2.75) is 31.8 Å². The van der Waals surface area contributed by atoms with Gasteiger partial charge in [0.15, 0.2) is 5.79 Å². The molecule has 130 valence electrons. The molecule has 3 rings (SSSR count). The Bertz CT molecular complexity index is 632. The van der Waals surface area contributed by atoms with Gasteiger partial charge in [-0.3, -0.25) is 4.98 Å². The summed E-state index contributed by atoms with van der Waals surface area (Å²) < 4.78 is 13.9. The molecule has 2 aromatic heterocycles. The van der Waals surface area contributed by atoms with Crippen molar-refractivity contribution >= 4 is 54.5 Å². The summed E-state index contributed by atoms with van der Waals surface area (Å²) in [7, 11) is 0. The zero-order valence-corrected chi connectivity index (χ0v) is 18.4. The first-order valence-corrected chi connectivity index (χ1v) is 9.82. The number of aromatic nitrogens is 2. The largest absolute Gasteiger partial charge is 0.384 e. The second-order valence-electron chi connectivity index (χ2n) is 5.51. The van der Waals surface area contributed by atoms with E-state index in [-0.39, 0.29) is 6.10 Å². The van der Waals surface area contributed by atoms with E-state index in [0.29, 0.717) is 12.3 Å². The first-order valence-electron chi connectivity index (χ1n) is 7.15. The van der Waals surface area contributed by atoms with Crippen molar-refractivity contribution in [3.05, 3.63) is 55.0 Å². The van der Waals surface area contributed by atoms with E-state index in [1.807, 2.05) is 32.0 Å². The second-order valence-corrected chi connectivity index (χ2v) is 8.45. The van der Waals surface area contributed by atoms with E-state index in [9.17, 15) is 5.11 Å². The standard InChI is InChI=1S/C11H14BrNO3.C5H3BrIN/c1-11(2)15-6-9(16-11)10(14)8-4-3-7(12)5-13-8;6-4-1-2-5(7)8-3-4/h3-5,9-10,14H,6H2,1-2H3;1-3H/t9-,10?;/m1./s1. The van der Waals surface area contributed by atoms with E-state index in [1.54, 1.807) is 18.5 Å². The highest BCUT2D eigenvalue weighted by Crippen LogP contribution is 2.30. The third-order valence-corrected chi connectivity index (χ3v) is 4.70. The minimum atomic E-state index is -0.755. The Labute approximate surface area is 171 Å². The van der Waals surface area contributed by atoms with E-state index >= 15 is 0 Å². The SMILES string of the molecule is Brc1ccc(I)nc1.CC1(C)OC[C@H](C(O)c2ccc(Br)cn2)O1. The van der Waals surface area contributed by atoms with Crippen LogP contribution in [0.25, 0.3) is 0 Å². The maximum atomic E-state index is 10.1. The molecule has 1 unspecified atom stereocenters. The molecular formula is C16H17Br2IN2O3. The molecule has 0 aromatic carbocycles. The summed E-state index contributed by atoms with van der Waals surface area (Å²) >= 11 is 8.74. The predicted molar refractivity (Wildman–Crippen MR) is 106 cm³/mol. The van der Waals surface area contributed by atoms with Crippen molar-refractivity contribution in [2.75, 3.05) is 6.61 Å². The Morgan fingerprint density at radius 3 is 2.21 bits per heavy atom. The van der Waals surface area contributed by atoms with Crippen LogP contribution in [0.4, 0.5) is 0 Å². The third-order valence-electron chi connectivity index (χ3n) is 3.13. The van der Waals surface area contributed by atoms with Gasteiger partial charge < -0.3 is 14.6 Å². The minimum absolute atomic E-state index is 0.358. The lowest BCUT2D eigenvalue weighted by molar-refractivity contribution is -0.151. The average Bonchev–Trinajstić information content (AvgIpc) is 2.91. The summed E-state index contributed by atoms with van der Waals surface area (Å²) in [5, 5.41) is 10.1. The van der Waals surface area contributed by atoms with Crippen LogP contribution >= 0.6 is 54.5 Å². The van der Waals surface area contributed by atoms with Crippen LogP contribution in [0.5, 0.6) is 0 Å². The highest BCUT2D eigenvalue weighted by molar-refractivity contribution is 14.1. The van der Waals surface area contributed by atoms with Gasteiger partial charge in [-0.1, -0.05) is 0 Å². The Morgan fingerprint density at radius 1 is 1.17 bits per heavy atom. The molecule has 1 fully saturated rings. The fourth-order valence-corrected chi connectivity index (χ4v) is 2.77. The highest BCUT2D eigenvalue weighted by Gasteiger charge is 2.37. The summed E-state index contributed by atoms with van der Waals surface area (Å²) in [4.78, 5) is 8.16. The van der Waals surface area contributed by atoms with E-state index < -0.39 is 11.9 Å². The van der Waals surface area contributed by atoms with Crippen molar-refractivity contribution in [3.63, 3.8) is 0 Å². The lowest BCUT2D eigenvalue weighted by Crippen LogP contribution is -2.25. The number of hydrogen-bond acceptors (Lipinski definition) is 5. The van der Waals surface area contributed by atoms with Crippen LogP contribution in [0.1, 0.15) is 25.6 Å². The molecule has 1 aliphatic rings. The molecule has 2 aromatic rings. The van der Waals surface area contributed by atoms with Crippen molar-refractivity contribution in [1.82, 2.24) is 9.97 Å². The number of ether oxygens (including phenoxy) is 2. The van der Waals surface area contributed by atoms with Gasteiger partial charge in [0.2, 0.25) is 0 Å². The summed E-state index contributed by atoms with van der Waals surface area (Å²) in [5.74, 6) is -0.624. The molecule has 1 N–H and O–H groups in total. The highest BCUT2D eigenvalue weighted by atomic mass is 127. The average molecular weight is 572 g/mol. The predicted octanol–water partition coefficient (Wildman–Crippen LogP) is 4.48. The lowest BCUT2D eigenvalue weighted by Gasteiger charge is -2.20. The Hall–Kier alpha value is -0.130. The fraction of sp³-hybridized carbons (Fsp3) is 0.375. The van der Waals surface area contributed by atoms with Crippen LogP contribution in [0.2, 0.25) is 0 Å². The number of aliphatic hydroxyl groups is 1. The van der Waals surface area contributed by atoms with E-state index in [4.69, 9.17) is 9.47 Å². The summed E-state index contributed by atoms with van der Waals surface area (Å²) in [6, 6.07) is 7.52. The molecule has 0 aliphatic carbocycles. The molecule has 1 saturated heterocycles. The Balaban J connectivity index is 0.000000219. The van der Waals surface area contributed by atoms with E-state index in [0.717, 1.165) is 12.6 Å². The van der Waals surface area contributed by atoms with Crippen LogP contribution in [-0.4, -0.2) is 33.6 Å². The van der Waals surface area contributed by atoms with Gasteiger partial charge in [0.1, 0.15) is 15.9 Å². The van der Waals surface area contributed by atoms with Crippen LogP contribution in [0.3, 0.4) is 0 Å². The molecule has 0 radical (unpaired) electrons. The van der Waals surface area contributed by atoms with Crippen molar-refractivity contribution in [1.29, 1.82) is 0 Å². The maximum Gasteiger partial charge on any atom is 0.163 e. The topological polar surface area (TPSA) is 64.5 Å². The number of nitrogens with zero attached hydrogens (tertiary/aromatic N) is 2. The fourth-order valence-electron chi connectivity index (χ4n) is 1.98. The molecular weight excluding hydrogens is 555 g/mol. The Kier molecular flexibility index (Phi) is 7.57. The molecule has 0 bridgehead atoms. The van der Waals surface area contributed by atoms with Crippen LogP contribution in [0.15, 0.2) is 45.6 Å². The van der Waals surface area contributed by atoms with Crippen molar-refractivity contribution in [2.24, 2.45) is 0 Å². The van der Waals surface area contributed by atoms with Gasteiger partial charge in [0.25, 0.3) is 0 Å². The quantitative estimate of drug-likeness (QED) is 0.425. The van der Waals surface area contributed by atoms with Crippen molar-refractivity contribution < 1.29 is 14.6 Å². The summed E-state index contributed by atoms with van der Waals surface area (Å²) in [5.41, 5.74) is 0.592. The second kappa shape index (κ2) is 9.00. The summed E-state index contributed by atoms with van der Waals surface area (Å²) in [6.07, 6.45) is 2.32. The van der Waals surface area contributed by atoms with Gasteiger partial charge in [-0.05, 0) is 92.6 Å². The molecule has 2 atom stereocenters. The smallest absolute Gasteiger partial charge is 0.163 e. The molecule has 24 heavy (non-hydrogen) atoms. The summed E-state index contributed by atoms with van der Waals surface area (Å²) in [6.45, 7) is 4.04. The molecule has 1 aliphatic heterocycles. The minimum Gasteiger partial charge on any atom is -0.384 e. The first-order chi connectivity index (χ1) is 11.3. The zero-order chi connectivity index (χ0) is 17.7. The number of rotatable bonds is 2. The lowest BCUT2D eigenvalue weighted by atomic mass is 10.1. The number of pyridine rings is 2. The van der Waals surface area contributed by atoms with Crippen LogP contribution in [0, 0.1) is 3.70 Å². The van der Waals surface area contributed by atoms with Gasteiger partial charge in [-0.2, -0.15) is 0 Å². The Morgan fingerprint density at radius 2 is 1.79 bits per heavy atom. The number of halogens is 3. The van der Waals surface area contributed by atoms with Gasteiger partial charge >= 0.3 is 0 Å². The third kappa shape index (κ3) is 6.30. The zero-order valence-electron chi connectivity index (χ0n) is 13.1. The molecule has 5 nitrogen and oxygen atoms in total. The van der Waals surface area contributed by atoms with E-state index in [2.05, 4.69) is 64.4 Å². The molecule has 0 spiro atoms. The van der Waals surface area contributed by atoms with Gasteiger partial charge in [0.05, 0.1) is 12.3 Å². The van der Waals surface area contributed by atoms with Gasteiger partial charge in [-0.15, -0.1) is 0 Å². The molecule has 8 heteroatoms. The van der Waals surface area contributed by atoms with Gasteiger partial charge in [-0.25, -0.2) is 4.98 Å². The number of aliphatic hydroxyl groups excluding tert-OH is 1.